The zero-order valence-electron chi connectivity index (χ0n) is 12.4. The van der Waals surface area contributed by atoms with E-state index in [0.717, 1.165) is 13.2 Å². The Balaban J connectivity index is 1.42. The maximum atomic E-state index is 11.9. The minimum Gasteiger partial charge on any atom is -0.373 e. The molecule has 1 N–H and O–H groups in total. The quantitative estimate of drug-likeness (QED) is 0.796. The molecule has 1 saturated carbocycles. The van der Waals surface area contributed by atoms with Gasteiger partial charge < -0.3 is 10.1 Å². The van der Waals surface area contributed by atoms with E-state index in [2.05, 4.69) is 17.1 Å². The lowest BCUT2D eigenvalue weighted by Crippen LogP contribution is -2.54. The van der Waals surface area contributed by atoms with E-state index in [1.807, 2.05) is 0 Å². The minimum atomic E-state index is 0.0405. The lowest BCUT2D eigenvalue weighted by Gasteiger charge is -2.42. The van der Waals surface area contributed by atoms with Gasteiger partial charge in [-0.1, -0.05) is 12.0 Å². The lowest BCUT2D eigenvalue weighted by atomic mass is 10.0. The molecular formula is C16H26N2O2. The molecule has 4 nitrogen and oxygen atoms in total. The van der Waals surface area contributed by atoms with Gasteiger partial charge in [0.2, 0.25) is 5.91 Å². The number of rotatable bonds is 4. The van der Waals surface area contributed by atoms with Crippen LogP contribution in [-0.4, -0.2) is 49.2 Å². The molecule has 0 aromatic heterocycles. The molecule has 3 rings (SSSR count). The van der Waals surface area contributed by atoms with E-state index in [1.165, 1.54) is 44.2 Å². The van der Waals surface area contributed by atoms with Crippen molar-refractivity contribution in [2.75, 3.05) is 26.2 Å². The van der Waals surface area contributed by atoms with Crippen LogP contribution in [0.25, 0.3) is 0 Å². The number of amides is 1. The van der Waals surface area contributed by atoms with Gasteiger partial charge in [-0.3, -0.25) is 9.69 Å². The normalized spacial score (nSPS) is 31.8. The molecule has 0 bridgehead atoms. The summed E-state index contributed by atoms with van der Waals surface area (Å²) in [5.74, 6) is 0.708. The van der Waals surface area contributed by atoms with Crippen LogP contribution >= 0.6 is 0 Å². The molecule has 3 fully saturated rings. The zero-order chi connectivity index (χ0) is 13.9. The van der Waals surface area contributed by atoms with E-state index in [1.54, 1.807) is 6.08 Å². The fourth-order valence-corrected chi connectivity index (χ4v) is 3.30. The molecule has 2 aliphatic heterocycles. The summed E-state index contributed by atoms with van der Waals surface area (Å²) in [7, 11) is 0. The van der Waals surface area contributed by atoms with Crippen molar-refractivity contribution in [1.82, 2.24) is 10.2 Å². The Morgan fingerprint density at radius 1 is 1.35 bits per heavy atom. The predicted octanol–water partition coefficient (Wildman–Crippen LogP) is 1.71. The number of piperidine rings is 1. The predicted molar refractivity (Wildman–Crippen MR) is 78.4 cm³/mol. The van der Waals surface area contributed by atoms with Gasteiger partial charge in [-0.2, -0.15) is 0 Å². The molecule has 0 radical (unpaired) electrons. The van der Waals surface area contributed by atoms with Crippen LogP contribution in [0, 0.1) is 5.92 Å². The number of nitrogens with one attached hydrogen (secondary N) is 1. The molecule has 2 saturated heterocycles. The van der Waals surface area contributed by atoms with E-state index in [-0.39, 0.29) is 12.0 Å². The van der Waals surface area contributed by atoms with Gasteiger partial charge in [0.05, 0.1) is 12.7 Å². The third kappa shape index (κ3) is 3.61. The van der Waals surface area contributed by atoms with Gasteiger partial charge in [0, 0.05) is 25.2 Å². The number of hydrogen-bond acceptors (Lipinski definition) is 3. The maximum absolute atomic E-state index is 11.9. The van der Waals surface area contributed by atoms with Crippen LogP contribution in [0.5, 0.6) is 0 Å². The number of morpholine rings is 1. The molecule has 4 heteroatoms. The van der Waals surface area contributed by atoms with Crippen molar-refractivity contribution in [3.8, 4) is 0 Å². The fourth-order valence-electron chi connectivity index (χ4n) is 3.30. The van der Waals surface area contributed by atoms with E-state index in [0.29, 0.717) is 18.5 Å². The highest BCUT2D eigenvalue weighted by molar-refractivity contribution is 5.88. The van der Waals surface area contributed by atoms with Crippen molar-refractivity contribution < 1.29 is 9.53 Å². The van der Waals surface area contributed by atoms with Crippen molar-refractivity contribution in [2.24, 2.45) is 5.92 Å². The second-order valence-electron chi connectivity index (χ2n) is 6.51. The highest BCUT2D eigenvalue weighted by Crippen LogP contribution is 2.35. The van der Waals surface area contributed by atoms with Crippen LogP contribution in [0.1, 0.15) is 39.0 Å². The van der Waals surface area contributed by atoms with Crippen molar-refractivity contribution in [3.63, 3.8) is 0 Å². The average Bonchev–Trinajstić information content (AvgIpc) is 3.29. The maximum Gasteiger partial charge on any atom is 0.244 e. The number of ether oxygens (including phenoxy) is 1. The van der Waals surface area contributed by atoms with Crippen molar-refractivity contribution in [3.05, 3.63) is 11.6 Å². The fraction of sp³-hybridized carbons (Fsp3) is 0.812. The standard InChI is InChI=1S/C16H26N2O2/c1-12(13-5-6-13)8-16(19)17-9-15-10-18-7-3-2-4-14(18)11-20-15/h8,13-15H,2-7,9-11H2,1H3,(H,17,19)/b12-8+/t14-,15+/m0/s1. The molecule has 1 aliphatic carbocycles. The average molecular weight is 278 g/mol. The number of nitrogens with zero attached hydrogens (tertiary/aromatic N) is 1. The monoisotopic (exact) mass is 278 g/mol. The third-order valence-corrected chi connectivity index (χ3v) is 4.80. The molecule has 0 aromatic carbocycles. The van der Waals surface area contributed by atoms with Crippen LogP contribution in [0.3, 0.4) is 0 Å². The molecule has 1 amide bonds. The minimum absolute atomic E-state index is 0.0405. The molecule has 3 aliphatic rings. The van der Waals surface area contributed by atoms with Crippen molar-refractivity contribution in [2.45, 2.75) is 51.2 Å². The van der Waals surface area contributed by atoms with E-state index >= 15 is 0 Å². The van der Waals surface area contributed by atoms with E-state index in [9.17, 15) is 4.79 Å². The van der Waals surface area contributed by atoms with E-state index in [4.69, 9.17) is 4.74 Å². The van der Waals surface area contributed by atoms with Crippen LogP contribution in [0.2, 0.25) is 0 Å². The molecule has 0 aromatic rings. The van der Waals surface area contributed by atoms with Crippen LogP contribution in [0.4, 0.5) is 0 Å². The topological polar surface area (TPSA) is 41.6 Å². The molecular weight excluding hydrogens is 252 g/mol. The Bertz CT molecular complexity index is 390. The van der Waals surface area contributed by atoms with Crippen molar-refractivity contribution in [1.29, 1.82) is 0 Å². The van der Waals surface area contributed by atoms with Crippen LogP contribution in [0.15, 0.2) is 11.6 Å². The largest absolute Gasteiger partial charge is 0.373 e. The third-order valence-electron chi connectivity index (χ3n) is 4.80. The number of carbonyl (C=O) groups excluding carboxylic acids is 1. The van der Waals surface area contributed by atoms with Crippen molar-refractivity contribution >= 4 is 5.91 Å². The summed E-state index contributed by atoms with van der Waals surface area (Å²) >= 11 is 0. The Hall–Kier alpha value is -0.870. The summed E-state index contributed by atoms with van der Waals surface area (Å²) in [4.78, 5) is 14.4. The first-order valence-corrected chi connectivity index (χ1v) is 8.04. The number of allylic oxidation sites excluding steroid dienone is 1. The number of hydrogen-bond donors (Lipinski definition) is 1. The zero-order valence-corrected chi connectivity index (χ0v) is 12.4. The number of fused-ring (bicyclic) bond motifs is 1. The summed E-state index contributed by atoms with van der Waals surface area (Å²) in [6.07, 6.45) is 8.32. The van der Waals surface area contributed by atoms with Crippen LogP contribution < -0.4 is 5.32 Å². The Morgan fingerprint density at radius 3 is 3.00 bits per heavy atom. The van der Waals surface area contributed by atoms with E-state index < -0.39 is 0 Å². The van der Waals surface area contributed by atoms with Gasteiger partial charge >= 0.3 is 0 Å². The summed E-state index contributed by atoms with van der Waals surface area (Å²) in [5, 5.41) is 2.99. The van der Waals surface area contributed by atoms with Gasteiger partial charge in [0.15, 0.2) is 0 Å². The molecule has 112 valence electrons. The van der Waals surface area contributed by atoms with Gasteiger partial charge in [-0.05, 0) is 45.1 Å². The van der Waals surface area contributed by atoms with Gasteiger partial charge in [0.1, 0.15) is 0 Å². The first-order chi connectivity index (χ1) is 9.72. The molecule has 0 unspecified atom stereocenters. The first kappa shape index (κ1) is 14.1. The second-order valence-corrected chi connectivity index (χ2v) is 6.51. The Morgan fingerprint density at radius 2 is 2.20 bits per heavy atom. The summed E-state index contributed by atoms with van der Waals surface area (Å²) in [6, 6.07) is 0.618. The Labute approximate surface area is 121 Å². The van der Waals surface area contributed by atoms with Gasteiger partial charge in [-0.25, -0.2) is 0 Å². The highest BCUT2D eigenvalue weighted by Gasteiger charge is 2.30. The second kappa shape index (κ2) is 6.27. The number of carbonyl (C=O) groups is 1. The SMILES string of the molecule is C/C(=C\C(=O)NC[C@@H]1CN2CCCC[C@H]2CO1)C1CC1. The summed E-state index contributed by atoms with van der Waals surface area (Å²) in [6.45, 7) is 5.69. The van der Waals surface area contributed by atoms with Crippen LogP contribution in [-0.2, 0) is 9.53 Å². The van der Waals surface area contributed by atoms with Gasteiger partial charge in [0.25, 0.3) is 0 Å². The smallest absolute Gasteiger partial charge is 0.244 e. The summed E-state index contributed by atoms with van der Waals surface area (Å²) in [5.41, 5.74) is 1.23. The molecule has 2 heterocycles. The van der Waals surface area contributed by atoms with Gasteiger partial charge in [-0.15, -0.1) is 0 Å². The Kier molecular flexibility index (Phi) is 4.41. The molecule has 20 heavy (non-hydrogen) atoms. The summed E-state index contributed by atoms with van der Waals surface area (Å²) < 4.78 is 5.89. The molecule has 0 spiro atoms. The molecule has 2 atom stereocenters. The highest BCUT2D eigenvalue weighted by atomic mass is 16.5. The lowest BCUT2D eigenvalue weighted by molar-refractivity contribution is -0.118. The first-order valence-electron chi connectivity index (χ1n) is 8.04.